The third-order valence-corrected chi connectivity index (χ3v) is 3.69. The maximum Gasteiger partial charge on any atom is 0.254 e. The highest BCUT2D eigenvalue weighted by Gasteiger charge is 2.30. The predicted octanol–water partition coefficient (Wildman–Crippen LogP) is 0.512. The zero-order valence-corrected chi connectivity index (χ0v) is 11.1. The first-order chi connectivity index (χ1) is 9.59. The lowest BCUT2D eigenvalue weighted by Crippen LogP contribution is -2.29. The number of likely N-dealkylation sites (tertiary alicyclic amines) is 1. The Labute approximate surface area is 115 Å². The maximum absolute atomic E-state index is 11.7. The molecular formula is C13H15N5O2. The minimum atomic E-state index is -0.556. The summed E-state index contributed by atoms with van der Waals surface area (Å²) in [6, 6.07) is 1.80. The zero-order chi connectivity index (χ0) is 14.3. The van der Waals surface area contributed by atoms with Crippen molar-refractivity contribution in [2.45, 2.75) is 25.8 Å². The zero-order valence-electron chi connectivity index (χ0n) is 11.1. The van der Waals surface area contributed by atoms with Gasteiger partial charge >= 0.3 is 0 Å². The van der Waals surface area contributed by atoms with Crippen LogP contribution in [-0.4, -0.2) is 37.9 Å². The highest BCUT2D eigenvalue weighted by molar-refractivity contribution is 5.98. The van der Waals surface area contributed by atoms with Gasteiger partial charge in [-0.15, -0.1) is 0 Å². The average Bonchev–Trinajstić information content (AvgIpc) is 3.04. The predicted molar refractivity (Wildman–Crippen MR) is 70.9 cm³/mol. The third-order valence-electron chi connectivity index (χ3n) is 3.69. The SMILES string of the molecule is CC(=O)N1CCCC1c1ccnc2c(C(N)=O)cnn12. The quantitative estimate of drug-likeness (QED) is 0.862. The molecule has 2 aromatic heterocycles. The van der Waals surface area contributed by atoms with E-state index in [1.807, 2.05) is 11.0 Å². The number of carbonyl (C=O) groups is 2. The number of amides is 2. The van der Waals surface area contributed by atoms with Crippen LogP contribution in [0.3, 0.4) is 0 Å². The summed E-state index contributed by atoms with van der Waals surface area (Å²) in [5.41, 5.74) is 6.89. The Hall–Kier alpha value is -2.44. The summed E-state index contributed by atoms with van der Waals surface area (Å²) in [5.74, 6) is -0.515. The van der Waals surface area contributed by atoms with Crippen molar-refractivity contribution < 1.29 is 9.59 Å². The second-order valence-electron chi connectivity index (χ2n) is 4.90. The van der Waals surface area contributed by atoms with E-state index in [2.05, 4.69) is 10.1 Å². The topological polar surface area (TPSA) is 93.6 Å². The van der Waals surface area contributed by atoms with E-state index in [4.69, 9.17) is 5.73 Å². The van der Waals surface area contributed by atoms with Gasteiger partial charge in [-0.3, -0.25) is 9.59 Å². The molecule has 1 fully saturated rings. The van der Waals surface area contributed by atoms with E-state index in [0.29, 0.717) is 11.2 Å². The molecule has 1 aliphatic rings. The molecule has 2 N–H and O–H groups in total. The minimum absolute atomic E-state index is 0.0290. The lowest BCUT2D eigenvalue weighted by atomic mass is 10.1. The van der Waals surface area contributed by atoms with E-state index >= 15 is 0 Å². The minimum Gasteiger partial charge on any atom is -0.365 e. The van der Waals surface area contributed by atoms with E-state index in [1.54, 1.807) is 17.6 Å². The molecule has 0 bridgehead atoms. The molecule has 2 amide bonds. The van der Waals surface area contributed by atoms with Gasteiger partial charge < -0.3 is 10.6 Å². The van der Waals surface area contributed by atoms with Crippen LogP contribution in [0.25, 0.3) is 5.65 Å². The van der Waals surface area contributed by atoms with Gasteiger partial charge in [0, 0.05) is 19.7 Å². The van der Waals surface area contributed by atoms with Crippen LogP contribution in [0.1, 0.15) is 41.9 Å². The van der Waals surface area contributed by atoms with Crippen molar-refractivity contribution >= 4 is 17.5 Å². The molecule has 0 aliphatic carbocycles. The molecule has 1 aliphatic heterocycles. The molecule has 20 heavy (non-hydrogen) atoms. The number of fused-ring (bicyclic) bond motifs is 1. The number of aromatic nitrogens is 3. The fourth-order valence-electron chi connectivity index (χ4n) is 2.79. The average molecular weight is 273 g/mol. The molecule has 1 saturated heterocycles. The van der Waals surface area contributed by atoms with Gasteiger partial charge in [0.15, 0.2) is 5.65 Å². The molecule has 1 atom stereocenters. The highest BCUT2D eigenvalue weighted by Crippen LogP contribution is 2.31. The van der Waals surface area contributed by atoms with Gasteiger partial charge in [0.05, 0.1) is 17.9 Å². The summed E-state index contributed by atoms with van der Waals surface area (Å²) >= 11 is 0. The van der Waals surface area contributed by atoms with Gasteiger partial charge in [-0.1, -0.05) is 0 Å². The highest BCUT2D eigenvalue weighted by atomic mass is 16.2. The van der Waals surface area contributed by atoms with Crippen molar-refractivity contribution in [3.63, 3.8) is 0 Å². The molecule has 1 unspecified atom stereocenters. The summed E-state index contributed by atoms with van der Waals surface area (Å²) in [6.45, 7) is 2.31. The maximum atomic E-state index is 11.7. The Bertz CT molecular complexity index is 693. The number of hydrogen-bond acceptors (Lipinski definition) is 4. The van der Waals surface area contributed by atoms with Crippen molar-refractivity contribution in [3.8, 4) is 0 Å². The van der Waals surface area contributed by atoms with Crippen LogP contribution in [-0.2, 0) is 4.79 Å². The van der Waals surface area contributed by atoms with Crippen LogP contribution in [0.4, 0.5) is 0 Å². The van der Waals surface area contributed by atoms with Crippen LogP contribution < -0.4 is 5.73 Å². The fraction of sp³-hybridized carbons (Fsp3) is 0.385. The number of nitrogens with zero attached hydrogens (tertiary/aromatic N) is 4. The molecule has 7 heteroatoms. The Morgan fingerprint density at radius 1 is 1.45 bits per heavy atom. The van der Waals surface area contributed by atoms with E-state index in [9.17, 15) is 9.59 Å². The number of nitrogens with two attached hydrogens (primary N) is 1. The summed E-state index contributed by atoms with van der Waals surface area (Å²) in [7, 11) is 0. The van der Waals surface area contributed by atoms with Crippen LogP contribution in [0.15, 0.2) is 18.5 Å². The first kappa shape index (κ1) is 12.6. The smallest absolute Gasteiger partial charge is 0.254 e. The molecule has 2 aromatic rings. The standard InChI is InChI=1S/C13H15N5O2/c1-8(19)17-6-2-3-10(17)11-4-5-15-13-9(12(14)20)7-16-18(11)13/h4-5,7,10H,2-3,6H2,1H3,(H2,14,20). The van der Waals surface area contributed by atoms with E-state index in [1.165, 1.54) is 6.20 Å². The molecule has 0 saturated carbocycles. The van der Waals surface area contributed by atoms with Crippen LogP contribution in [0.5, 0.6) is 0 Å². The van der Waals surface area contributed by atoms with Gasteiger partial charge in [-0.05, 0) is 18.9 Å². The third kappa shape index (κ3) is 1.82. The van der Waals surface area contributed by atoms with E-state index in [-0.39, 0.29) is 11.9 Å². The number of hydrogen-bond donors (Lipinski definition) is 1. The Kier molecular flexibility index (Phi) is 2.89. The van der Waals surface area contributed by atoms with Crippen LogP contribution >= 0.6 is 0 Å². The fourth-order valence-corrected chi connectivity index (χ4v) is 2.79. The van der Waals surface area contributed by atoms with E-state index < -0.39 is 5.91 Å². The van der Waals surface area contributed by atoms with Crippen molar-refractivity contribution in [3.05, 3.63) is 29.7 Å². The van der Waals surface area contributed by atoms with Gasteiger partial charge in [0.25, 0.3) is 5.91 Å². The normalized spacial score (nSPS) is 18.6. The molecule has 0 radical (unpaired) electrons. The molecule has 104 valence electrons. The Morgan fingerprint density at radius 2 is 2.25 bits per heavy atom. The first-order valence-corrected chi connectivity index (χ1v) is 6.49. The summed E-state index contributed by atoms with van der Waals surface area (Å²) < 4.78 is 1.60. The number of rotatable bonds is 2. The molecule has 0 spiro atoms. The lowest BCUT2D eigenvalue weighted by molar-refractivity contribution is -0.129. The van der Waals surface area contributed by atoms with Crippen LogP contribution in [0, 0.1) is 0 Å². The van der Waals surface area contributed by atoms with Crippen molar-refractivity contribution in [2.75, 3.05) is 6.54 Å². The Balaban J connectivity index is 2.12. The van der Waals surface area contributed by atoms with Crippen LogP contribution in [0.2, 0.25) is 0 Å². The number of carbonyl (C=O) groups excluding carboxylic acids is 2. The second kappa shape index (κ2) is 4.59. The number of primary amides is 1. The van der Waals surface area contributed by atoms with Gasteiger partial charge in [-0.2, -0.15) is 5.10 Å². The van der Waals surface area contributed by atoms with Crippen molar-refractivity contribution in [2.24, 2.45) is 5.73 Å². The molecule has 0 aromatic carbocycles. The van der Waals surface area contributed by atoms with E-state index in [0.717, 1.165) is 25.1 Å². The molecular weight excluding hydrogens is 258 g/mol. The Morgan fingerprint density at radius 3 is 2.95 bits per heavy atom. The second-order valence-corrected chi connectivity index (χ2v) is 4.90. The molecule has 3 heterocycles. The molecule has 7 nitrogen and oxygen atoms in total. The summed E-state index contributed by atoms with van der Waals surface area (Å²) in [6.07, 6.45) is 4.87. The summed E-state index contributed by atoms with van der Waals surface area (Å²) in [5, 5.41) is 4.19. The first-order valence-electron chi connectivity index (χ1n) is 6.49. The van der Waals surface area contributed by atoms with Gasteiger partial charge in [0.1, 0.15) is 5.56 Å². The van der Waals surface area contributed by atoms with Crippen molar-refractivity contribution in [1.82, 2.24) is 19.5 Å². The largest absolute Gasteiger partial charge is 0.365 e. The van der Waals surface area contributed by atoms with Gasteiger partial charge in [0.2, 0.25) is 5.91 Å². The summed E-state index contributed by atoms with van der Waals surface area (Å²) in [4.78, 5) is 29.0. The van der Waals surface area contributed by atoms with Gasteiger partial charge in [-0.25, -0.2) is 9.50 Å². The van der Waals surface area contributed by atoms with Crippen molar-refractivity contribution in [1.29, 1.82) is 0 Å². The molecule has 3 rings (SSSR count). The monoisotopic (exact) mass is 273 g/mol. The lowest BCUT2D eigenvalue weighted by Gasteiger charge is -2.23.